The Labute approximate surface area is 107 Å². The highest BCUT2D eigenvalue weighted by Crippen LogP contribution is 2.20. The van der Waals surface area contributed by atoms with Crippen molar-refractivity contribution in [1.29, 1.82) is 0 Å². The Bertz CT molecular complexity index is 522. The number of hydrogen-bond acceptors (Lipinski definition) is 2. The largest absolute Gasteiger partial charge is 0.383 e. The van der Waals surface area contributed by atoms with E-state index < -0.39 is 0 Å². The maximum atomic E-state index is 13.4. The number of aryl methyl sites for hydroxylation is 1. The first kappa shape index (κ1) is 11.4. The summed E-state index contributed by atoms with van der Waals surface area (Å²) in [5, 5.41) is 4.26. The smallest absolute Gasteiger partial charge is 0.135 e. The highest BCUT2D eigenvalue weighted by atomic mass is 127. The van der Waals surface area contributed by atoms with Crippen molar-refractivity contribution in [2.75, 3.05) is 5.73 Å². The van der Waals surface area contributed by atoms with Gasteiger partial charge in [-0.1, -0.05) is 18.2 Å². The maximum Gasteiger partial charge on any atom is 0.135 e. The molecule has 2 rings (SSSR count). The van der Waals surface area contributed by atoms with E-state index in [1.54, 1.807) is 22.9 Å². The Morgan fingerprint density at radius 3 is 2.69 bits per heavy atom. The van der Waals surface area contributed by atoms with Crippen LogP contribution in [-0.2, 0) is 6.54 Å². The summed E-state index contributed by atoms with van der Waals surface area (Å²) in [4.78, 5) is 0. The van der Waals surface area contributed by atoms with Gasteiger partial charge >= 0.3 is 0 Å². The van der Waals surface area contributed by atoms with Gasteiger partial charge in [0.2, 0.25) is 0 Å². The van der Waals surface area contributed by atoms with Crippen LogP contribution in [0.3, 0.4) is 0 Å². The van der Waals surface area contributed by atoms with Crippen LogP contribution in [0.5, 0.6) is 0 Å². The van der Waals surface area contributed by atoms with Gasteiger partial charge in [-0.3, -0.25) is 0 Å². The number of hydrogen-bond donors (Lipinski definition) is 1. The van der Waals surface area contributed by atoms with Crippen LogP contribution in [0.2, 0.25) is 0 Å². The van der Waals surface area contributed by atoms with Gasteiger partial charge in [-0.2, -0.15) is 5.10 Å². The van der Waals surface area contributed by atoms with Crippen molar-refractivity contribution < 1.29 is 4.39 Å². The van der Waals surface area contributed by atoms with Gasteiger partial charge < -0.3 is 5.73 Å². The molecule has 0 bridgehead atoms. The highest BCUT2D eigenvalue weighted by Gasteiger charge is 2.11. The number of nitrogens with zero attached hydrogens (tertiary/aromatic N) is 2. The monoisotopic (exact) mass is 331 g/mol. The molecule has 84 valence electrons. The van der Waals surface area contributed by atoms with Gasteiger partial charge in [0.05, 0.1) is 15.8 Å². The normalized spacial score (nSPS) is 10.7. The summed E-state index contributed by atoms with van der Waals surface area (Å²) in [6.45, 7) is 2.25. The molecule has 16 heavy (non-hydrogen) atoms. The average molecular weight is 331 g/mol. The molecule has 0 unspecified atom stereocenters. The molecule has 0 amide bonds. The third kappa shape index (κ3) is 2.04. The van der Waals surface area contributed by atoms with Crippen LogP contribution < -0.4 is 5.73 Å². The van der Waals surface area contributed by atoms with Gasteiger partial charge in [0.25, 0.3) is 0 Å². The SMILES string of the molecule is Cc1nn(Cc2ccccc2F)c(N)c1I. The second-order valence-electron chi connectivity index (χ2n) is 3.53. The van der Waals surface area contributed by atoms with Crippen molar-refractivity contribution in [3.05, 3.63) is 44.9 Å². The van der Waals surface area contributed by atoms with E-state index >= 15 is 0 Å². The van der Waals surface area contributed by atoms with E-state index in [-0.39, 0.29) is 5.82 Å². The molecule has 0 saturated heterocycles. The third-order valence-electron chi connectivity index (χ3n) is 2.37. The van der Waals surface area contributed by atoms with Crippen LogP contribution >= 0.6 is 22.6 Å². The molecule has 1 heterocycles. The fourth-order valence-corrected chi connectivity index (χ4v) is 1.87. The van der Waals surface area contributed by atoms with Gasteiger partial charge in [-0.15, -0.1) is 0 Å². The average Bonchev–Trinajstić information content (AvgIpc) is 2.50. The van der Waals surface area contributed by atoms with Crippen molar-refractivity contribution in [3.63, 3.8) is 0 Å². The van der Waals surface area contributed by atoms with Gasteiger partial charge in [0.15, 0.2) is 0 Å². The van der Waals surface area contributed by atoms with Crippen molar-refractivity contribution in [1.82, 2.24) is 9.78 Å². The van der Waals surface area contributed by atoms with E-state index in [1.165, 1.54) is 6.07 Å². The lowest BCUT2D eigenvalue weighted by atomic mass is 10.2. The molecule has 0 fully saturated rings. The molecule has 5 heteroatoms. The molecule has 0 radical (unpaired) electrons. The van der Waals surface area contributed by atoms with Gasteiger partial charge in [-0.25, -0.2) is 9.07 Å². The van der Waals surface area contributed by atoms with Crippen LogP contribution in [0.1, 0.15) is 11.3 Å². The zero-order chi connectivity index (χ0) is 11.7. The number of benzene rings is 1. The molecule has 0 aliphatic heterocycles. The molecule has 1 aromatic heterocycles. The number of rotatable bonds is 2. The minimum atomic E-state index is -0.231. The first-order chi connectivity index (χ1) is 7.59. The standard InChI is InChI=1S/C11H11FIN3/c1-7-10(13)11(14)16(15-7)6-8-4-2-3-5-9(8)12/h2-5H,6,14H2,1H3. The highest BCUT2D eigenvalue weighted by molar-refractivity contribution is 14.1. The summed E-state index contributed by atoms with van der Waals surface area (Å²) in [5.74, 6) is 0.353. The quantitative estimate of drug-likeness (QED) is 0.860. The zero-order valence-electron chi connectivity index (χ0n) is 8.74. The maximum absolute atomic E-state index is 13.4. The van der Waals surface area contributed by atoms with Gasteiger partial charge in [-0.05, 0) is 35.6 Å². The van der Waals surface area contributed by atoms with E-state index in [0.29, 0.717) is 17.9 Å². The second-order valence-corrected chi connectivity index (χ2v) is 4.61. The van der Waals surface area contributed by atoms with E-state index in [2.05, 4.69) is 27.7 Å². The van der Waals surface area contributed by atoms with E-state index in [1.807, 2.05) is 6.92 Å². The number of aromatic nitrogens is 2. The summed E-state index contributed by atoms with van der Waals surface area (Å²) in [7, 11) is 0. The molecule has 0 aliphatic rings. The van der Waals surface area contributed by atoms with Crippen LogP contribution in [0.15, 0.2) is 24.3 Å². The number of halogens is 2. The lowest BCUT2D eigenvalue weighted by Gasteiger charge is -2.05. The zero-order valence-corrected chi connectivity index (χ0v) is 10.9. The van der Waals surface area contributed by atoms with Crippen molar-refractivity contribution in [2.24, 2.45) is 0 Å². The minimum absolute atomic E-state index is 0.231. The Morgan fingerprint density at radius 2 is 2.12 bits per heavy atom. The molecule has 3 nitrogen and oxygen atoms in total. The molecular weight excluding hydrogens is 320 g/mol. The predicted molar refractivity (Wildman–Crippen MR) is 69.6 cm³/mol. The summed E-state index contributed by atoms with van der Waals surface area (Å²) in [6, 6.07) is 6.64. The van der Waals surface area contributed by atoms with E-state index in [0.717, 1.165) is 9.26 Å². The molecule has 0 saturated carbocycles. The first-order valence-electron chi connectivity index (χ1n) is 4.81. The number of anilines is 1. The number of nitrogens with two attached hydrogens (primary N) is 1. The second kappa shape index (κ2) is 4.40. The van der Waals surface area contributed by atoms with Gasteiger partial charge in [0, 0.05) is 5.56 Å². The summed E-state index contributed by atoms with van der Waals surface area (Å²) < 4.78 is 16.0. The molecule has 0 aliphatic carbocycles. The van der Waals surface area contributed by atoms with Crippen molar-refractivity contribution in [3.8, 4) is 0 Å². The van der Waals surface area contributed by atoms with E-state index in [9.17, 15) is 4.39 Å². The van der Waals surface area contributed by atoms with Crippen LogP contribution in [0, 0.1) is 16.3 Å². The third-order valence-corrected chi connectivity index (χ3v) is 3.70. The lowest BCUT2D eigenvalue weighted by molar-refractivity contribution is 0.586. The van der Waals surface area contributed by atoms with E-state index in [4.69, 9.17) is 5.73 Å². The molecular formula is C11H11FIN3. The van der Waals surface area contributed by atoms with Crippen LogP contribution in [0.25, 0.3) is 0 Å². The summed E-state index contributed by atoms with van der Waals surface area (Å²) in [5.41, 5.74) is 7.33. The first-order valence-corrected chi connectivity index (χ1v) is 5.89. The summed E-state index contributed by atoms with van der Waals surface area (Å²) in [6.07, 6.45) is 0. The Hall–Kier alpha value is -1.11. The molecule has 0 spiro atoms. The Morgan fingerprint density at radius 1 is 1.44 bits per heavy atom. The van der Waals surface area contributed by atoms with Crippen molar-refractivity contribution >= 4 is 28.4 Å². The summed E-state index contributed by atoms with van der Waals surface area (Å²) >= 11 is 2.14. The van der Waals surface area contributed by atoms with Crippen molar-refractivity contribution in [2.45, 2.75) is 13.5 Å². The van der Waals surface area contributed by atoms with Crippen LogP contribution in [0.4, 0.5) is 10.2 Å². The molecule has 2 N–H and O–H groups in total. The minimum Gasteiger partial charge on any atom is -0.383 e. The lowest BCUT2D eigenvalue weighted by Crippen LogP contribution is -2.07. The Kier molecular flexibility index (Phi) is 3.13. The van der Waals surface area contributed by atoms with Crippen LogP contribution in [-0.4, -0.2) is 9.78 Å². The predicted octanol–water partition coefficient (Wildman–Crippen LogP) is 2.57. The topological polar surface area (TPSA) is 43.8 Å². The number of nitrogen functional groups attached to an aromatic ring is 1. The fraction of sp³-hybridized carbons (Fsp3) is 0.182. The Balaban J connectivity index is 2.34. The molecule has 0 atom stereocenters. The molecule has 2 aromatic rings. The fourth-order valence-electron chi connectivity index (χ4n) is 1.49. The molecule has 1 aromatic carbocycles. The van der Waals surface area contributed by atoms with Gasteiger partial charge in [0.1, 0.15) is 11.6 Å².